The fraction of sp³-hybridized carbons (Fsp3) is 0.733. The van der Waals surface area contributed by atoms with Gasteiger partial charge in [0, 0.05) is 30.2 Å². The highest BCUT2D eigenvalue weighted by Gasteiger charge is 2.24. The van der Waals surface area contributed by atoms with E-state index in [1.165, 1.54) is 0 Å². The predicted molar refractivity (Wildman–Crippen MR) is 87.5 cm³/mol. The van der Waals surface area contributed by atoms with Crippen LogP contribution in [0.3, 0.4) is 0 Å². The van der Waals surface area contributed by atoms with Gasteiger partial charge in [-0.1, -0.05) is 20.8 Å². The number of nitrogen functional groups attached to an aromatic ring is 1. The van der Waals surface area contributed by atoms with E-state index in [0.29, 0.717) is 12.2 Å². The number of hydrogen-bond donors (Lipinski definition) is 3. The first-order valence-electron chi connectivity index (χ1n) is 7.45. The fourth-order valence-electron chi connectivity index (χ4n) is 2.11. The minimum atomic E-state index is -0.159. The van der Waals surface area contributed by atoms with Crippen LogP contribution in [0.25, 0.3) is 0 Å². The van der Waals surface area contributed by atoms with Gasteiger partial charge < -0.3 is 15.4 Å². The number of hydrazine groups is 1. The first-order chi connectivity index (χ1) is 9.72. The van der Waals surface area contributed by atoms with Gasteiger partial charge in [-0.3, -0.25) is 0 Å². The smallest absolute Gasteiger partial charge is 0.148 e. The molecular weight excluding hydrogens is 266 g/mol. The first kappa shape index (κ1) is 17.7. The van der Waals surface area contributed by atoms with Crippen molar-refractivity contribution in [1.29, 1.82) is 0 Å². The van der Waals surface area contributed by atoms with Crippen LogP contribution in [0.4, 0.5) is 11.6 Å². The van der Waals surface area contributed by atoms with Gasteiger partial charge in [-0.2, -0.15) is 0 Å². The Morgan fingerprint density at radius 1 is 1.29 bits per heavy atom. The van der Waals surface area contributed by atoms with E-state index < -0.39 is 0 Å². The maximum absolute atomic E-state index is 9.11. The Balaban J connectivity index is 3.36. The van der Waals surface area contributed by atoms with Crippen molar-refractivity contribution in [3.05, 3.63) is 11.4 Å². The van der Waals surface area contributed by atoms with Crippen molar-refractivity contribution in [2.24, 2.45) is 5.84 Å². The summed E-state index contributed by atoms with van der Waals surface area (Å²) in [5, 5.41) is 9.11. The van der Waals surface area contributed by atoms with Gasteiger partial charge in [-0.15, -0.1) is 0 Å². The molecule has 0 saturated heterocycles. The van der Waals surface area contributed by atoms with E-state index in [2.05, 4.69) is 49.9 Å². The van der Waals surface area contributed by atoms with E-state index in [-0.39, 0.29) is 18.1 Å². The lowest BCUT2D eigenvalue weighted by atomic mass is 9.95. The second kappa shape index (κ2) is 7.04. The van der Waals surface area contributed by atoms with Crippen LogP contribution in [0, 0.1) is 6.92 Å². The molecule has 1 heterocycles. The highest BCUT2D eigenvalue weighted by atomic mass is 16.3. The molecule has 0 aliphatic rings. The van der Waals surface area contributed by atoms with E-state index in [1.54, 1.807) is 0 Å². The van der Waals surface area contributed by atoms with Crippen molar-refractivity contribution in [1.82, 2.24) is 9.97 Å². The molecule has 0 saturated carbocycles. The van der Waals surface area contributed by atoms with Crippen molar-refractivity contribution >= 4 is 11.6 Å². The summed E-state index contributed by atoms with van der Waals surface area (Å²) in [6.45, 7) is 13.3. The van der Waals surface area contributed by atoms with Gasteiger partial charge in [0.25, 0.3) is 0 Å². The number of hydrogen-bond acceptors (Lipinski definition) is 6. The summed E-state index contributed by atoms with van der Waals surface area (Å²) in [6.07, 6.45) is 0.706. The molecular formula is C15H29N5O. The third kappa shape index (κ3) is 4.28. The molecule has 1 rings (SSSR count). The third-order valence-corrected chi connectivity index (χ3v) is 3.38. The predicted octanol–water partition coefficient (Wildman–Crippen LogP) is 1.97. The minimum absolute atomic E-state index is 0.159. The molecule has 1 aromatic rings. The minimum Gasteiger partial charge on any atom is -0.396 e. The van der Waals surface area contributed by atoms with E-state index in [4.69, 9.17) is 15.9 Å². The van der Waals surface area contributed by atoms with Crippen LogP contribution in [-0.4, -0.2) is 34.3 Å². The van der Waals surface area contributed by atoms with Crippen molar-refractivity contribution in [2.45, 2.75) is 59.4 Å². The third-order valence-electron chi connectivity index (χ3n) is 3.38. The Labute approximate surface area is 127 Å². The molecule has 0 atom stereocenters. The lowest BCUT2D eigenvalue weighted by molar-refractivity contribution is 0.288. The topological polar surface area (TPSA) is 87.3 Å². The van der Waals surface area contributed by atoms with Crippen molar-refractivity contribution in [2.75, 3.05) is 23.5 Å². The quantitative estimate of drug-likeness (QED) is 0.549. The first-order valence-corrected chi connectivity index (χ1v) is 7.45. The number of nitrogens with two attached hydrogens (primary N) is 1. The van der Waals surface area contributed by atoms with E-state index >= 15 is 0 Å². The Morgan fingerprint density at radius 2 is 1.90 bits per heavy atom. The number of aliphatic hydroxyl groups is 1. The zero-order chi connectivity index (χ0) is 16.2. The molecule has 0 spiro atoms. The number of nitrogens with one attached hydrogen (secondary N) is 1. The molecule has 0 aliphatic carbocycles. The maximum atomic E-state index is 9.11. The van der Waals surface area contributed by atoms with Gasteiger partial charge in [-0.05, 0) is 27.2 Å². The zero-order valence-electron chi connectivity index (χ0n) is 14.1. The van der Waals surface area contributed by atoms with E-state index in [1.807, 2.05) is 6.92 Å². The van der Waals surface area contributed by atoms with Crippen LogP contribution in [0.5, 0.6) is 0 Å². The normalized spacial score (nSPS) is 11.9. The van der Waals surface area contributed by atoms with Gasteiger partial charge >= 0.3 is 0 Å². The SMILES string of the molecule is Cc1c(NN)nc(C(C)(C)C)nc1N(CCCO)C(C)C. The molecule has 6 nitrogen and oxygen atoms in total. The van der Waals surface area contributed by atoms with Gasteiger partial charge in [0.1, 0.15) is 17.5 Å². The molecule has 0 bridgehead atoms. The van der Waals surface area contributed by atoms with Crippen LogP contribution < -0.4 is 16.2 Å². The molecule has 0 radical (unpaired) electrons. The Hall–Kier alpha value is -1.40. The molecule has 0 aromatic carbocycles. The maximum Gasteiger partial charge on any atom is 0.148 e. The lowest BCUT2D eigenvalue weighted by Gasteiger charge is -2.31. The highest BCUT2D eigenvalue weighted by Crippen LogP contribution is 2.29. The van der Waals surface area contributed by atoms with Crippen LogP contribution in [-0.2, 0) is 5.41 Å². The monoisotopic (exact) mass is 295 g/mol. The number of anilines is 2. The average molecular weight is 295 g/mol. The summed E-state index contributed by atoms with van der Waals surface area (Å²) in [4.78, 5) is 11.5. The number of aliphatic hydroxyl groups excluding tert-OH is 1. The average Bonchev–Trinajstić information content (AvgIpc) is 2.39. The summed E-state index contributed by atoms with van der Waals surface area (Å²) in [7, 11) is 0. The van der Waals surface area contributed by atoms with Crippen molar-refractivity contribution in [3.63, 3.8) is 0 Å². The molecule has 21 heavy (non-hydrogen) atoms. The molecule has 6 heteroatoms. The van der Waals surface area contributed by atoms with Crippen LogP contribution in [0.15, 0.2) is 0 Å². The Morgan fingerprint density at radius 3 is 2.33 bits per heavy atom. The van der Waals surface area contributed by atoms with Crippen LogP contribution in [0.2, 0.25) is 0 Å². The Kier molecular flexibility index (Phi) is 5.92. The standard InChI is InChI=1S/C15H29N5O/c1-10(2)20(8-7-9-21)13-11(3)12(19-16)17-14(18-13)15(4,5)6/h10,21H,7-9,16H2,1-6H3,(H,17,18,19). The summed E-state index contributed by atoms with van der Waals surface area (Å²) >= 11 is 0. The van der Waals surface area contributed by atoms with E-state index in [0.717, 1.165) is 23.8 Å². The number of nitrogens with zero attached hydrogens (tertiary/aromatic N) is 3. The largest absolute Gasteiger partial charge is 0.396 e. The summed E-state index contributed by atoms with van der Waals surface area (Å²) < 4.78 is 0. The fourth-order valence-corrected chi connectivity index (χ4v) is 2.11. The van der Waals surface area contributed by atoms with Gasteiger partial charge in [0.2, 0.25) is 0 Å². The molecule has 1 aromatic heterocycles. The lowest BCUT2D eigenvalue weighted by Crippen LogP contribution is -2.35. The summed E-state index contributed by atoms with van der Waals surface area (Å²) in [6, 6.07) is 0.281. The zero-order valence-corrected chi connectivity index (χ0v) is 14.1. The van der Waals surface area contributed by atoms with Gasteiger partial charge in [-0.25, -0.2) is 15.8 Å². The highest BCUT2D eigenvalue weighted by molar-refractivity contribution is 5.59. The second-order valence-electron chi connectivity index (χ2n) is 6.60. The molecule has 0 fully saturated rings. The number of aromatic nitrogens is 2. The van der Waals surface area contributed by atoms with Gasteiger partial charge in [0.05, 0.1) is 0 Å². The molecule has 0 unspecified atom stereocenters. The summed E-state index contributed by atoms with van der Waals surface area (Å²) in [5.74, 6) is 7.90. The van der Waals surface area contributed by atoms with Gasteiger partial charge in [0.15, 0.2) is 0 Å². The number of rotatable bonds is 6. The van der Waals surface area contributed by atoms with Crippen LogP contribution >= 0.6 is 0 Å². The van der Waals surface area contributed by atoms with Crippen LogP contribution in [0.1, 0.15) is 52.4 Å². The molecule has 4 N–H and O–H groups in total. The summed E-state index contributed by atoms with van der Waals surface area (Å²) in [5.41, 5.74) is 3.44. The molecule has 0 amide bonds. The van der Waals surface area contributed by atoms with Crippen molar-refractivity contribution in [3.8, 4) is 0 Å². The second-order valence-corrected chi connectivity index (χ2v) is 6.60. The van der Waals surface area contributed by atoms with Crippen molar-refractivity contribution < 1.29 is 5.11 Å². The van der Waals surface area contributed by atoms with E-state index in [9.17, 15) is 0 Å². The molecule has 120 valence electrons. The molecule has 0 aliphatic heterocycles. The Bertz CT molecular complexity index is 468.